The van der Waals surface area contributed by atoms with E-state index in [2.05, 4.69) is 10.3 Å². The maximum absolute atomic E-state index is 12.7. The van der Waals surface area contributed by atoms with Crippen LogP contribution in [0, 0.1) is 6.92 Å². The number of nitrogens with zero attached hydrogens (tertiary/aromatic N) is 3. The molecule has 1 N–H and O–H groups in total. The Balaban J connectivity index is 1.89. The number of rotatable bonds is 6. The van der Waals surface area contributed by atoms with Crippen LogP contribution in [0.3, 0.4) is 0 Å². The minimum atomic E-state index is -0.353. The van der Waals surface area contributed by atoms with E-state index >= 15 is 0 Å². The summed E-state index contributed by atoms with van der Waals surface area (Å²) in [6, 6.07) is 6.76. The molecule has 2 aromatic rings. The van der Waals surface area contributed by atoms with Crippen molar-refractivity contribution in [1.82, 2.24) is 9.55 Å². The van der Waals surface area contributed by atoms with E-state index in [0.29, 0.717) is 48.7 Å². The van der Waals surface area contributed by atoms with Crippen LogP contribution < -0.4 is 15.8 Å². The summed E-state index contributed by atoms with van der Waals surface area (Å²) >= 11 is 6.18. The predicted octanol–water partition coefficient (Wildman–Crippen LogP) is 1.83. The average Bonchev–Trinajstić information content (AvgIpc) is 2.68. The highest BCUT2D eigenvalue weighted by Crippen LogP contribution is 2.25. The van der Waals surface area contributed by atoms with Gasteiger partial charge in [-0.2, -0.15) is 0 Å². The Kier molecular flexibility index (Phi) is 6.66. The fourth-order valence-electron chi connectivity index (χ4n) is 3.03. The molecule has 1 aromatic heterocycles. The molecule has 1 fully saturated rings. The van der Waals surface area contributed by atoms with Gasteiger partial charge in [-0.25, -0.2) is 4.98 Å². The number of aryl methyl sites for hydroxylation is 1. The number of halogens is 1. The zero-order chi connectivity index (χ0) is 20.1. The Labute approximate surface area is 168 Å². The zero-order valence-electron chi connectivity index (χ0n) is 15.9. The summed E-state index contributed by atoms with van der Waals surface area (Å²) < 4.78 is 11.9. The fraction of sp³-hybridized carbons (Fsp3) is 0.421. The lowest BCUT2D eigenvalue weighted by molar-refractivity contribution is -0.116. The molecule has 0 radical (unpaired) electrons. The molecular weight excluding hydrogens is 384 g/mol. The molecule has 0 unspecified atom stereocenters. The molecule has 2 heterocycles. The van der Waals surface area contributed by atoms with Crippen molar-refractivity contribution in [2.75, 3.05) is 43.6 Å². The summed E-state index contributed by atoms with van der Waals surface area (Å²) in [5.74, 6) is 0.0861. The Morgan fingerprint density at radius 1 is 1.36 bits per heavy atom. The van der Waals surface area contributed by atoms with Gasteiger partial charge in [0.1, 0.15) is 6.54 Å². The van der Waals surface area contributed by atoms with Crippen molar-refractivity contribution < 1.29 is 14.3 Å². The molecule has 9 heteroatoms. The van der Waals surface area contributed by atoms with E-state index in [1.807, 2.05) is 24.0 Å². The third-order valence-corrected chi connectivity index (χ3v) is 4.73. The second kappa shape index (κ2) is 9.18. The maximum atomic E-state index is 12.7. The second-order valence-corrected chi connectivity index (χ2v) is 6.89. The molecule has 0 bridgehead atoms. The number of carbonyl (C=O) groups is 1. The number of aromatic nitrogens is 2. The van der Waals surface area contributed by atoms with Crippen LogP contribution in [0.15, 0.2) is 29.1 Å². The number of carbonyl (C=O) groups excluding carboxylic acids is 1. The van der Waals surface area contributed by atoms with E-state index < -0.39 is 0 Å². The van der Waals surface area contributed by atoms with Crippen LogP contribution in [-0.4, -0.2) is 48.9 Å². The number of nitrogens with one attached hydrogen (secondary N) is 1. The number of methoxy groups -OCH3 is 1. The standard InChI is InChI=1S/C19H23ClN4O4/c1-13-4-3-5-15(20)18(13)22-16(25)11-24-17(26)10-14(12-27-2)21-19(24)23-6-8-28-9-7-23/h3-5,10H,6-9,11-12H2,1-2H3,(H,22,25). The zero-order valence-corrected chi connectivity index (χ0v) is 16.7. The van der Waals surface area contributed by atoms with Crippen LogP contribution in [0.5, 0.6) is 0 Å². The first-order valence-corrected chi connectivity index (χ1v) is 9.34. The number of benzene rings is 1. The predicted molar refractivity (Wildman–Crippen MR) is 107 cm³/mol. The molecule has 1 saturated heterocycles. The van der Waals surface area contributed by atoms with Crippen molar-refractivity contribution in [3.63, 3.8) is 0 Å². The first-order chi connectivity index (χ1) is 13.5. The van der Waals surface area contributed by atoms with Crippen LogP contribution in [-0.2, 0) is 27.4 Å². The molecule has 0 aliphatic carbocycles. The van der Waals surface area contributed by atoms with Gasteiger partial charge in [-0.15, -0.1) is 0 Å². The number of para-hydroxylation sites is 1. The Morgan fingerprint density at radius 3 is 2.79 bits per heavy atom. The van der Waals surface area contributed by atoms with Crippen LogP contribution in [0.4, 0.5) is 11.6 Å². The summed E-state index contributed by atoms with van der Waals surface area (Å²) in [6.07, 6.45) is 0. The van der Waals surface area contributed by atoms with Gasteiger partial charge in [0.2, 0.25) is 11.9 Å². The molecule has 1 aliphatic rings. The van der Waals surface area contributed by atoms with Crippen molar-refractivity contribution in [3.05, 3.63) is 50.9 Å². The van der Waals surface area contributed by atoms with E-state index in [9.17, 15) is 9.59 Å². The lowest BCUT2D eigenvalue weighted by Crippen LogP contribution is -2.42. The largest absolute Gasteiger partial charge is 0.378 e. The van der Waals surface area contributed by atoms with Gasteiger partial charge in [0.25, 0.3) is 5.56 Å². The highest BCUT2D eigenvalue weighted by atomic mass is 35.5. The van der Waals surface area contributed by atoms with Crippen molar-refractivity contribution in [2.24, 2.45) is 0 Å². The lowest BCUT2D eigenvalue weighted by Gasteiger charge is -2.29. The van der Waals surface area contributed by atoms with Gasteiger partial charge < -0.3 is 19.7 Å². The monoisotopic (exact) mass is 406 g/mol. The second-order valence-electron chi connectivity index (χ2n) is 6.48. The van der Waals surface area contributed by atoms with Gasteiger partial charge in [-0.05, 0) is 18.6 Å². The quantitative estimate of drug-likeness (QED) is 0.787. The molecule has 8 nitrogen and oxygen atoms in total. The highest BCUT2D eigenvalue weighted by molar-refractivity contribution is 6.33. The smallest absolute Gasteiger partial charge is 0.255 e. The summed E-state index contributed by atoms with van der Waals surface area (Å²) in [6.45, 7) is 4.16. The number of hydrogen-bond acceptors (Lipinski definition) is 6. The topological polar surface area (TPSA) is 85.7 Å². The van der Waals surface area contributed by atoms with Gasteiger partial charge in [0.05, 0.1) is 36.2 Å². The van der Waals surface area contributed by atoms with Gasteiger partial charge in [-0.1, -0.05) is 23.7 Å². The van der Waals surface area contributed by atoms with E-state index in [0.717, 1.165) is 5.56 Å². The van der Waals surface area contributed by atoms with Gasteiger partial charge in [0.15, 0.2) is 0 Å². The van der Waals surface area contributed by atoms with Gasteiger partial charge in [0, 0.05) is 26.3 Å². The van der Waals surface area contributed by atoms with E-state index in [1.165, 1.54) is 10.6 Å². The summed E-state index contributed by atoms with van der Waals surface area (Å²) in [5, 5.41) is 3.24. The van der Waals surface area contributed by atoms with Crippen LogP contribution in [0.1, 0.15) is 11.3 Å². The molecule has 1 amide bonds. The summed E-state index contributed by atoms with van der Waals surface area (Å²) in [4.78, 5) is 31.8. The Hall–Kier alpha value is -2.42. The van der Waals surface area contributed by atoms with Crippen molar-refractivity contribution in [2.45, 2.75) is 20.1 Å². The first-order valence-electron chi connectivity index (χ1n) is 8.97. The molecule has 0 atom stereocenters. The van der Waals surface area contributed by atoms with Crippen molar-refractivity contribution in [3.8, 4) is 0 Å². The number of morpholine rings is 1. The molecule has 150 valence electrons. The van der Waals surface area contributed by atoms with E-state index in [-0.39, 0.29) is 24.6 Å². The first kappa shape index (κ1) is 20.3. The third kappa shape index (κ3) is 4.70. The van der Waals surface area contributed by atoms with Crippen LogP contribution in [0.2, 0.25) is 5.02 Å². The Bertz CT molecular complexity index is 889. The number of ether oxygens (including phenoxy) is 2. The molecular formula is C19H23ClN4O4. The molecule has 3 rings (SSSR count). The van der Waals surface area contributed by atoms with Gasteiger partial charge in [-0.3, -0.25) is 14.2 Å². The molecule has 28 heavy (non-hydrogen) atoms. The molecule has 0 saturated carbocycles. The molecule has 0 spiro atoms. The van der Waals surface area contributed by atoms with Crippen molar-refractivity contribution >= 4 is 29.1 Å². The lowest BCUT2D eigenvalue weighted by atomic mass is 10.2. The van der Waals surface area contributed by atoms with Crippen molar-refractivity contribution in [1.29, 1.82) is 0 Å². The Morgan fingerprint density at radius 2 is 2.11 bits per heavy atom. The number of anilines is 2. The highest BCUT2D eigenvalue weighted by Gasteiger charge is 2.20. The van der Waals surface area contributed by atoms with Gasteiger partial charge >= 0.3 is 0 Å². The molecule has 1 aromatic carbocycles. The average molecular weight is 407 g/mol. The SMILES string of the molecule is COCc1cc(=O)n(CC(=O)Nc2c(C)cccc2Cl)c(N2CCOCC2)n1. The van der Waals surface area contributed by atoms with Crippen LogP contribution in [0.25, 0.3) is 0 Å². The van der Waals surface area contributed by atoms with E-state index in [4.69, 9.17) is 21.1 Å². The number of amides is 1. The molecule has 1 aliphatic heterocycles. The minimum Gasteiger partial charge on any atom is -0.378 e. The normalized spacial score (nSPS) is 14.2. The fourth-order valence-corrected chi connectivity index (χ4v) is 3.30. The number of hydrogen-bond donors (Lipinski definition) is 1. The third-order valence-electron chi connectivity index (χ3n) is 4.42. The van der Waals surface area contributed by atoms with Crippen LogP contribution >= 0.6 is 11.6 Å². The minimum absolute atomic E-state index is 0.170. The summed E-state index contributed by atoms with van der Waals surface area (Å²) in [7, 11) is 1.54. The summed E-state index contributed by atoms with van der Waals surface area (Å²) in [5.41, 5.74) is 1.59. The maximum Gasteiger partial charge on any atom is 0.255 e. The van der Waals surface area contributed by atoms with E-state index in [1.54, 1.807) is 13.2 Å².